The van der Waals surface area contributed by atoms with Crippen LogP contribution in [0.5, 0.6) is 0 Å². The molecular weight excluding hydrogens is 798 g/mol. The van der Waals surface area contributed by atoms with Crippen molar-refractivity contribution in [1.29, 1.82) is 0 Å². The van der Waals surface area contributed by atoms with Crippen LogP contribution in [0.1, 0.15) is 49.9 Å². The average molecular weight is 841 g/mol. The molecule has 253 valence electrons. The van der Waals surface area contributed by atoms with Crippen LogP contribution in [0.25, 0.3) is 61.3 Å². The number of hydrogen-bond donors (Lipinski definition) is 0. The fourth-order valence-electron chi connectivity index (χ4n) is 6.13. The molecule has 0 unspecified atom stereocenters. The van der Waals surface area contributed by atoms with Gasteiger partial charge >= 0.3 is 0 Å². The van der Waals surface area contributed by atoms with E-state index in [1.165, 1.54) is 41.2 Å². The SMILES string of the molecule is Cc1cccc(C)c1-n1c(-c2[c-]cccc2)nc2ccccc21.[2H]C([2H])([2H])c1cnc(-c2[c-]ccc3c2oc2cc(F)ccc23)cc1C([2H])([2H])C(C)(C)C.[Ir]. The predicted molar refractivity (Wildman–Crippen MR) is 198 cm³/mol. The van der Waals surface area contributed by atoms with Crippen LogP contribution in [0.4, 0.5) is 4.39 Å². The van der Waals surface area contributed by atoms with Gasteiger partial charge in [0.05, 0.1) is 22.4 Å². The Morgan fingerprint density at radius 3 is 2.38 bits per heavy atom. The van der Waals surface area contributed by atoms with Gasteiger partial charge in [0.15, 0.2) is 0 Å². The predicted octanol–water partition coefficient (Wildman–Crippen LogP) is 11.6. The van der Waals surface area contributed by atoms with Crippen molar-refractivity contribution in [1.82, 2.24) is 14.5 Å². The van der Waals surface area contributed by atoms with E-state index in [0.29, 0.717) is 22.4 Å². The molecule has 0 fully saturated rings. The largest absolute Gasteiger partial charge is 0.500 e. The van der Waals surface area contributed by atoms with Gasteiger partial charge in [-0.25, -0.2) is 4.39 Å². The Kier molecular flexibility index (Phi) is 8.17. The Labute approximate surface area is 313 Å². The number of aromatic nitrogens is 3. The maximum atomic E-state index is 13.7. The minimum absolute atomic E-state index is 0. The van der Waals surface area contributed by atoms with Gasteiger partial charge in [0, 0.05) is 50.3 Å². The molecule has 50 heavy (non-hydrogen) atoms. The Morgan fingerprint density at radius 2 is 1.64 bits per heavy atom. The minimum atomic E-state index is -2.52. The van der Waals surface area contributed by atoms with E-state index in [1.807, 2.05) is 24.3 Å². The second-order valence-electron chi connectivity index (χ2n) is 13.1. The number of nitrogens with zero attached hydrogens (tertiary/aromatic N) is 3. The number of hydrogen-bond acceptors (Lipinski definition) is 3. The van der Waals surface area contributed by atoms with Crippen molar-refractivity contribution in [2.24, 2.45) is 5.41 Å². The molecule has 0 aliphatic rings. The topological polar surface area (TPSA) is 43.9 Å². The summed E-state index contributed by atoms with van der Waals surface area (Å²) in [6.45, 7) is 6.93. The van der Waals surface area contributed by atoms with Crippen molar-refractivity contribution in [2.75, 3.05) is 0 Å². The molecule has 8 rings (SSSR count). The van der Waals surface area contributed by atoms with Crippen LogP contribution in [-0.2, 0) is 26.5 Å². The van der Waals surface area contributed by atoms with Crippen LogP contribution in [0.15, 0.2) is 114 Å². The molecule has 0 spiro atoms. The summed E-state index contributed by atoms with van der Waals surface area (Å²) >= 11 is 0. The molecule has 0 atom stereocenters. The van der Waals surface area contributed by atoms with Gasteiger partial charge in [-0.05, 0) is 79.1 Å². The second-order valence-corrected chi connectivity index (χ2v) is 13.1. The molecule has 0 saturated heterocycles. The van der Waals surface area contributed by atoms with Crippen molar-refractivity contribution in [3.05, 3.63) is 150 Å². The average Bonchev–Trinajstić information content (AvgIpc) is 3.69. The van der Waals surface area contributed by atoms with Crippen LogP contribution in [0, 0.1) is 44.1 Å². The van der Waals surface area contributed by atoms with Gasteiger partial charge in [-0.3, -0.25) is 4.98 Å². The van der Waals surface area contributed by atoms with Gasteiger partial charge in [-0.1, -0.05) is 73.7 Å². The van der Waals surface area contributed by atoms with Gasteiger partial charge in [0.2, 0.25) is 0 Å². The van der Waals surface area contributed by atoms with Crippen LogP contribution >= 0.6 is 0 Å². The third kappa shape index (κ3) is 6.92. The summed E-state index contributed by atoms with van der Waals surface area (Å²) in [5.41, 5.74) is 7.47. The number of para-hydroxylation sites is 3. The van der Waals surface area contributed by atoms with Crippen molar-refractivity contribution in [3.8, 4) is 28.3 Å². The first-order valence-electron chi connectivity index (χ1n) is 18.6. The Morgan fingerprint density at radius 1 is 0.860 bits per heavy atom. The second kappa shape index (κ2) is 14.1. The van der Waals surface area contributed by atoms with Crippen LogP contribution in [0.2, 0.25) is 0 Å². The molecule has 0 aliphatic carbocycles. The van der Waals surface area contributed by atoms with E-state index in [9.17, 15) is 4.39 Å². The smallest absolute Gasteiger partial charge is 0.126 e. The van der Waals surface area contributed by atoms with Gasteiger partial charge in [0.1, 0.15) is 11.4 Å². The van der Waals surface area contributed by atoms with Gasteiger partial charge in [-0.2, -0.15) is 0 Å². The molecule has 8 aromatic rings. The van der Waals surface area contributed by atoms with Crippen LogP contribution in [-0.4, -0.2) is 14.5 Å². The van der Waals surface area contributed by atoms with Crippen LogP contribution in [0.3, 0.4) is 0 Å². The number of fused-ring (bicyclic) bond motifs is 4. The van der Waals surface area contributed by atoms with E-state index >= 15 is 0 Å². The molecule has 0 saturated carbocycles. The first-order chi connectivity index (χ1) is 25.6. The summed E-state index contributed by atoms with van der Waals surface area (Å²) in [5, 5.41) is 1.47. The molecule has 0 aliphatic heterocycles. The molecule has 0 bridgehead atoms. The Hall–Kier alpha value is -4.90. The van der Waals surface area contributed by atoms with E-state index in [2.05, 4.69) is 78.0 Å². The Bertz CT molecular complexity index is 2640. The third-order valence-electron chi connectivity index (χ3n) is 8.24. The fraction of sp³-hybridized carbons (Fsp3) is 0.182. The first-order valence-corrected chi connectivity index (χ1v) is 16.1. The molecule has 1 radical (unpaired) electrons. The molecule has 3 aromatic heterocycles. The molecule has 3 heterocycles. The van der Waals surface area contributed by atoms with Gasteiger partial charge < -0.3 is 14.0 Å². The maximum absolute atomic E-state index is 13.7. The molecule has 5 aromatic carbocycles. The normalized spacial score (nSPS) is 13.4. The summed E-state index contributed by atoms with van der Waals surface area (Å²) in [7, 11) is 0. The van der Waals surface area contributed by atoms with E-state index < -0.39 is 24.5 Å². The molecule has 6 heteroatoms. The number of pyridine rings is 1. The van der Waals surface area contributed by atoms with Crippen LogP contribution < -0.4 is 0 Å². The summed E-state index contributed by atoms with van der Waals surface area (Å²) < 4.78 is 62.8. The van der Waals surface area contributed by atoms with Crippen molar-refractivity contribution < 1.29 is 35.8 Å². The van der Waals surface area contributed by atoms with E-state index in [0.717, 1.165) is 33.2 Å². The van der Waals surface area contributed by atoms with E-state index in [-0.39, 0.29) is 31.2 Å². The molecule has 0 amide bonds. The summed E-state index contributed by atoms with van der Waals surface area (Å²) in [6.07, 6.45) is -0.741. The quantitative estimate of drug-likeness (QED) is 0.166. The monoisotopic (exact) mass is 841 g/mol. The number of imidazole rings is 1. The van der Waals surface area contributed by atoms with Gasteiger partial charge in [-0.15, -0.1) is 54.1 Å². The minimum Gasteiger partial charge on any atom is -0.500 e. The number of furan rings is 1. The first kappa shape index (κ1) is 28.9. The van der Waals surface area contributed by atoms with Crippen molar-refractivity contribution >= 4 is 33.0 Å². The van der Waals surface area contributed by atoms with E-state index in [1.54, 1.807) is 39.0 Å². The van der Waals surface area contributed by atoms with Crippen molar-refractivity contribution in [3.63, 3.8) is 0 Å². The maximum Gasteiger partial charge on any atom is 0.126 e. The summed E-state index contributed by atoms with van der Waals surface area (Å²) in [4.78, 5) is 9.19. The number of aryl methyl sites for hydroxylation is 3. The number of benzene rings is 5. The number of rotatable bonds is 4. The van der Waals surface area contributed by atoms with E-state index in [4.69, 9.17) is 16.3 Å². The summed E-state index contributed by atoms with van der Waals surface area (Å²) in [6, 6.07) is 38.3. The zero-order valence-electron chi connectivity index (χ0n) is 33.4. The fourth-order valence-corrected chi connectivity index (χ4v) is 6.13. The standard InChI is InChI=1S/C23H21FNO.C21H17N2.Ir/c1-14-13-25-20(10-15(14)12-23(2,3)4)19-7-5-6-18-17-9-8-16(24)11-21(17)26-22(18)19;1-15-9-8-10-16(2)20(15)23-19-14-7-6-13-18(19)22-21(23)17-11-4-3-5-12-17;/h5-6,8-11,13H,12H2,1-4H3;3-11,13-14H,1-2H3;/q2*-1;/i1D3,12D2;;. The van der Waals surface area contributed by atoms with Gasteiger partial charge in [0.25, 0.3) is 0 Å². The third-order valence-corrected chi connectivity index (χ3v) is 8.24. The molecule has 0 N–H and O–H groups in total. The molecular formula is C44H38FIrN3O-2. The zero-order chi connectivity index (χ0) is 38.6. The number of halogens is 1. The van der Waals surface area contributed by atoms with Crippen molar-refractivity contribution in [2.45, 2.75) is 47.8 Å². The molecule has 4 nitrogen and oxygen atoms in total. The Balaban J connectivity index is 0.000000191. The summed E-state index contributed by atoms with van der Waals surface area (Å²) in [5.74, 6) is 0.516. The zero-order valence-corrected chi connectivity index (χ0v) is 30.7.